The van der Waals surface area contributed by atoms with Crippen molar-refractivity contribution in [2.75, 3.05) is 13.1 Å². The van der Waals surface area contributed by atoms with E-state index in [0.717, 1.165) is 5.56 Å². The Morgan fingerprint density at radius 1 is 1.32 bits per heavy atom. The molecule has 2 rings (SSSR count). The van der Waals surface area contributed by atoms with Crippen molar-refractivity contribution < 1.29 is 13.3 Å². The van der Waals surface area contributed by atoms with Crippen molar-refractivity contribution in [1.82, 2.24) is 4.98 Å². The quantitative estimate of drug-likeness (QED) is 0.936. The molecule has 0 spiro atoms. The maximum atomic E-state index is 12.3. The monoisotopic (exact) mass is 280 g/mol. The second-order valence-corrected chi connectivity index (χ2v) is 6.13. The molecule has 6 heteroatoms. The molecule has 1 heterocycles. The van der Waals surface area contributed by atoms with Gasteiger partial charge in [-0.2, -0.15) is 0 Å². The Labute approximate surface area is 111 Å². The van der Waals surface area contributed by atoms with Crippen LogP contribution in [-0.4, -0.2) is 22.3 Å². The van der Waals surface area contributed by atoms with Crippen molar-refractivity contribution in [3.05, 3.63) is 42.6 Å². The van der Waals surface area contributed by atoms with Gasteiger partial charge in [-0.15, -0.1) is 0 Å². The lowest BCUT2D eigenvalue weighted by Gasteiger charge is -2.08. The van der Waals surface area contributed by atoms with E-state index in [9.17, 15) is 8.60 Å². The zero-order valence-electron chi connectivity index (χ0n) is 10.3. The molecule has 100 valence electrons. The van der Waals surface area contributed by atoms with Crippen LogP contribution in [0.25, 0.3) is 11.3 Å². The molecule has 1 aromatic heterocycles. The summed E-state index contributed by atoms with van der Waals surface area (Å²) in [6.45, 7) is -0.924. The SMILES string of the molecule is CS(=N)(=O)c1ccc(-c2ncccc2OCF)cc1. The Bertz CT molecular complexity index is 669. The fraction of sp³-hybridized carbons (Fsp3) is 0.154. The van der Waals surface area contributed by atoms with Crippen LogP contribution in [0.1, 0.15) is 0 Å². The van der Waals surface area contributed by atoms with Crippen LogP contribution in [0.5, 0.6) is 5.75 Å². The Balaban J connectivity index is 2.43. The van der Waals surface area contributed by atoms with Crippen LogP contribution in [-0.2, 0) is 9.73 Å². The molecule has 2 aromatic rings. The van der Waals surface area contributed by atoms with Crippen LogP contribution in [0.2, 0.25) is 0 Å². The molecule has 0 radical (unpaired) electrons. The van der Waals surface area contributed by atoms with Crippen LogP contribution in [0.3, 0.4) is 0 Å². The molecule has 0 aliphatic rings. The van der Waals surface area contributed by atoms with E-state index < -0.39 is 16.6 Å². The number of aromatic nitrogens is 1. The predicted octanol–water partition coefficient (Wildman–Crippen LogP) is 3.09. The molecule has 4 nitrogen and oxygen atoms in total. The average Bonchev–Trinajstić information content (AvgIpc) is 2.39. The molecule has 1 unspecified atom stereocenters. The zero-order valence-corrected chi connectivity index (χ0v) is 11.1. The summed E-state index contributed by atoms with van der Waals surface area (Å²) in [6.07, 6.45) is 2.95. The first-order valence-electron chi connectivity index (χ1n) is 5.50. The number of benzene rings is 1. The summed E-state index contributed by atoms with van der Waals surface area (Å²) in [5.74, 6) is 0.348. The highest BCUT2D eigenvalue weighted by Gasteiger charge is 2.09. The molecule has 0 aliphatic carbocycles. The summed E-state index contributed by atoms with van der Waals surface area (Å²) in [7, 11) is -2.73. The smallest absolute Gasteiger partial charge is 0.228 e. The lowest BCUT2D eigenvalue weighted by Crippen LogP contribution is -1.96. The maximum absolute atomic E-state index is 12.3. The van der Waals surface area contributed by atoms with E-state index in [0.29, 0.717) is 16.3 Å². The highest BCUT2D eigenvalue weighted by molar-refractivity contribution is 7.91. The number of ether oxygens (including phenoxy) is 1. The zero-order chi connectivity index (χ0) is 13.9. The summed E-state index contributed by atoms with van der Waals surface area (Å²) in [5, 5.41) is 0. The van der Waals surface area contributed by atoms with Gasteiger partial charge in [0.1, 0.15) is 11.4 Å². The minimum absolute atomic E-state index is 0.348. The van der Waals surface area contributed by atoms with Gasteiger partial charge in [-0.25, -0.2) is 13.4 Å². The first-order valence-corrected chi connectivity index (χ1v) is 7.47. The van der Waals surface area contributed by atoms with Crippen molar-refractivity contribution in [2.45, 2.75) is 4.90 Å². The van der Waals surface area contributed by atoms with E-state index in [2.05, 4.69) is 4.98 Å². The Kier molecular flexibility index (Phi) is 3.80. The number of alkyl halides is 1. The first-order chi connectivity index (χ1) is 9.02. The number of hydrogen-bond donors (Lipinski definition) is 1. The lowest BCUT2D eigenvalue weighted by atomic mass is 10.1. The number of pyridine rings is 1. The minimum Gasteiger partial charge on any atom is -0.461 e. The van der Waals surface area contributed by atoms with Crippen LogP contribution in [0.4, 0.5) is 4.39 Å². The molecule has 0 aliphatic heterocycles. The third-order valence-electron chi connectivity index (χ3n) is 2.56. The van der Waals surface area contributed by atoms with E-state index in [1.165, 1.54) is 6.26 Å². The fourth-order valence-corrected chi connectivity index (χ4v) is 2.31. The van der Waals surface area contributed by atoms with Crippen LogP contribution in [0, 0.1) is 4.78 Å². The van der Waals surface area contributed by atoms with E-state index in [1.54, 1.807) is 42.6 Å². The van der Waals surface area contributed by atoms with Gasteiger partial charge < -0.3 is 4.74 Å². The predicted molar refractivity (Wildman–Crippen MR) is 71.3 cm³/mol. The van der Waals surface area contributed by atoms with Gasteiger partial charge in [0.05, 0.1) is 9.73 Å². The van der Waals surface area contributed by atoms with Gasteiger partial charge >= 0.3 is 0 Å². The van der Waals surface area contributed by atoms with Crippen molar-refractivity contribution in [1.29, 1.82) is 4.78 Å². The standard InChI is InChI=1S/C13H13FN2O2S/c1-19(15,17)11-6-4-10(5-7-11)13-12(18-9-14)3-2-8-16-13/h2-8,15H,9H2,1H3. The third-order valence-corrected chi connectivity index (χ3v) is 3.73. The van der Waals surface area contributed by atoms with Crippen molar-refractivity contribution in [2.24, 2.45) is 0 Å². The largest absolute Gasteiger partial charge is 0.461 e. The Hall–Kier alpha value is -1.95. The lowest BCUT2D eigenvalue weighted by molar-refractivity contribution is 0.192. The van der Waals surface area contributed by atoms with Gasteiger partial charge in [0, 0.05) is 22.9 Å². The topological polar surface area (TPSA) is 63.0 Å². The van der Waals surface area contributed by atoms with Crippen LogP contribution < -0.4 is 4.74 Å². The molecule has 19 heavy (non-hydrogen) atoms. The van der Waals surface area contributed by atoms with E-state index in [-0.39, 0.29) is 0 Å². The molecule has 0 fully saturated rings. The van der Waals surface area contributed by atoms with Gasteiger partial charge in [0.25, 0.3) is 0 Å². The highest BCUT2D eigenvalue weighted by Crippen LogP contribution is 2.28. The number of nitrogens with zero attached hydrogens (tertiary/aromatic N) is 1. The van der Waals surface area contributed by atoms with Gasteiger partial charge in [0.2, 0.25) is 6.86 Å². The first kappa shape index (κ1) is 13.5. The maximum Gasteiger partial charge on any atom is 0.228 e. The minimum atomic E-state index is -2.73. The highest BCUT2D eigenvalue weighted by atomic mass is 32.2. The number of rotatable bonds is 4. The summed E-state index contributed by atoms with van der Waals surface area (Å²) in [6, 6.07) is 9.90. The van der Waals surface area contributed by atoms with Gasteiger partial charge in [-0.1, -0.05) is 12.1 Å². The van der Waals surface area contributed by atoms with E-state index in [1.807, 2.05) is 0 Å². The molecule has 0 amide bonds. The normalized spacial score (nSPS) is 13.8. The Morgan fingerprint density at radius 2 is 2.00 bits per heavy atom. The van der Waals surface area contributed by atoms with E-state index >= 15 is 0 Å². The molecule has 1 aromatic carbocycles. The molecular formula is C13H13FN2O2S. The third kappa shape index (κ3) is 3.08. The number of hydrogen-bond acceptors (Lipinski definition) is 4. The molecule has 1 atom stereocenters. The van der Waals surface area contributed by atoms with Crippen molar-refractivity contribution >= 4 is 9.73 Å². The van der Waals surface area contributed by atoms with Crippen molar-refractivity contribution in [3.63, 3.8) is 0 Å². The molecule has 0 saturated heterocycles. The average molecular weight is 280 g/mol. The molecule has 0 saturated carbocycles. The molecule has 0 bridgehead atoms. The Morgan fingerprint density at radius 3 is 2.58 bits per heavy atom. The summed E-state index contributed by atoms with van der Waals surface area (Å²) in [4.78, 5) is 4.59. The van der Waals surface area contributed by atoms with Crippen molar-refractivity contribution in [3.8, 4) is 17.0 Å². The second kappa shape index (κ2) is 5.36. The summed E-state index contributed by atoms with van der Waals surface area (Å²) < 4.78 is 36.2. The fourth-order valence-electron chi connectivity index (χ4n) is 1.66. The molecule has 1 N–H and O–H groups in total. The number of nitrogens with one attached hydrogen (secondary N) is 1. The van der Waals surface area contributed by atoms with E-state index in [4.69, 9.17) is 9.52 Å². The van der Waals surface area contributed by atoms with Gasteiger partial charge in [-0.05, 0) is 24.3 Å². The second-order valence-electron chi connectivity index (χ2n) is 3.97. The number of halogens is 1. The molecular weight excluding hydrogens is 267 g/mol. The van der Waals surface area contributed by atoms with Gasteiger partial charge in [0.15, 0.2) is 0 Å². The van der Waals surface area contributed by atoms with Crippen LogP contribution in [0.15, 0.2) is 47.5 Å². The summed E-state index contributed by atoms with van der Waals surface area (Å²) >= 11 is 0. The van der Waals surface area contributed by atoms with Crippen LogP contribution >= 0.6 is 0 Å². The summed E-state index contributed by atoms with van der Waals surface area (Å²) in [5.41, 5.74) is 1.23. The van der Waals surface area contributed by atoms with Gasteiger partial charge in [-0.3, -0.25) is 4.98 Å².